The number of hydrogen-bond donors (Lipinski definition) is 0. The van der Waals surface area contributed by atoms with Crippen LogP contribution in [0, 0.1) is 6.92 Å². The molecule has 166 valence electrons. The number of hydrogen-bond acceptors (Lipinski definition) is 8. The van der Waals surface area contributed by atoms with E-state index in [0.29, 0.717) is 39.3 Å². The van der Waals surface area contributed by atoms with Gasteiger partial charge in [-0.1, -0.05) is 0 Å². The number of ether oxygens (including phenoxy) is 2. The van der Waals surface area contributed by atoms with E-state index in [1.807, 2.05) is 39.0 Å². The third-order valence-electron chi connectivity index (χ3n) is 4.89. The van der Waals surface area contributed by atoms with E-state index in [1.165, 1.54) is 16.3 Å². The van der Waals surface area contributed by atoms with Gasteiger partial charge in [0.1, 0.15) is 15.6 Å². The zero-order valence-corrected chi connectivity index (χ0v) is 19.3. The first kappa shape index (κ1) is 21.9. The molecule has 0 saturated carbocycles. The Balaban J connectivity index is 1.61. The Bertz CT molecular complexity index is 1140. The molecule has 0 radical (unpaired) electrons. The summed E-state index contributed by atoms with van der Waals surface area (Å²) in [4.78, 5) is 26.7. The van der Waals surface area contributed by atoms with Gasteiger partial charge in [0.05, 0.1) is 30.8 Å². The van der Waals surface area contributed by atoms with Gasteiger partial charge in [-0.25, -0.2) is 9.99 Å². The number of rotatable bonds is 6. The Kier molecular flexibility index (Phi) is 6.45. The number of carbonyl (C=O) groups excluding carboxylic acids is 1. The van der Waals surface area contributed by atoms with Gasteiger partial charge in [-0.05, 0) is 51.8 Å². The molecule has 0 atom stereocenters. The predicted molar refractivity (Wildman–Crippen MR) is 123 cm³/mol. The molecule has 4 rings (SSSR count). The highest BCUT2D eigenvalue weighted by molar-refractivity contribution is 7.17. The first-order valence-corrected chi connectivity index (χ1v) is 11.3. The van der Waals surface area contributed by atoms with E-state index in [0.717, 1.165) is 24.1 Å². The molecule has 3 aromatic rings. The number of carbonyl (C=O) groups is 1. The maximum Gasteiger partial charge on any atom is 0.285 e. The zero-order chi connectivity index (χ0) is 22.7. The minimum absolute atomic E-state index is 0.0170. The average molecular weight is 452 g/mol. The van der Waals surface area contributed by atoms with Crippen LogP contribution in [0.4, 0.5) is 0 Å². The molecule has 1 aromatic carbocycles. The number of hydrazone groups is 1. The second kappa shape index (κ2) is 9.44. The van der Waals surface area contributed by atoms with Crippen molar-refractivity contribution in [3.63, 3.8) is 0 Å². The highest BCUT2D eigenvalue weighted by atomic mass is 32.1. The van der Waals surface area contributed by atoms with Gasteiger partial charge >= 0.3 is 0 Å². The largest absolute Gasteiger partial charge is 0.493 e. The van der Waals surface area contributed by atoms with Gasteiger partial charge < -0.3 is 9.47 Å². The van der Waals surface area contributed by atoms with Crippen molar-refractivity contribution < 1.29 is 14.3 Å². The fraction of sp³-hybridized carbons (Fsp3) is 0.348. The summed E-state index contributed by atoms with van der Waals surface area (Å²) in [7, 11) is 1.62. The van der Waals surface area contributed by atoms with E-state index in [-0.39, 0.29) is 12.0 Å². The van der Waals surface area contributed by atoms with E-state index in [4.69, 9.17) is 9.47 Å². The molecular weight excluding hydrogens is 426 g/mol. The lowest BCUT2D eigenvalue weighted by molar-refractivity contribution is 0.0755. The van der Waals surface area contributed by atoms with Gasteiger partial charge in [0.2, 0.25) is 0 Å². The maximum absolute atomic E-state index is 13.3. The summed E-state index contributed by atoms with van der Waals surface area (Å²) >= 11 is 1.31. The molecule has 3 heterocycles. The molecule has 1 aliphatic rings. The van der Waals surface area contributed by atoms with Crippen molar-refractivity contribution in [2.24, 2.45) is 5.10 Å². The Morgan fingerprint density at radius 3 is 2.78 bits per heavy atom. The molecule has 0 N–H and O–H groups in total. The Labute approximate surface area is 191 Å². The van der Waals surface area contributed by atoms with E-state index >= 15 is 0 Å². The molecule has 1 amide bonds. The first-order valence-electron chi connectivity index (χ1n) is 10.4. The summed E-state index contributed by atoms with van der Waals surface area (Å²) < 4.78 is 11.3. The quantitative estimate of drug-likeness (QED) is 0.554. The van der Waals surface area contributed by atoms with E-state index in [2.05, 4.69) is 20.1 Å². The molecule has 0 aliphatic carbocycles. The number of benzene rings is 1. The summed E-state index contributed by atoms with van der Waals surface area (Å²) in [6.45, 7) is 6.33. The number of aryl methyl sites for hydroxylation is 1. The van der Waals surface area contributed by atoms with Gasteiger partial charge in [-0.15, -0.1) is 11.3 Å². The van der Waals surface area contributed by atoms with Crippen molar-refractivity contribution in [2.45, 2.75) is 39.7 Å². The number of methoxy groups -OCH3 is 1. The molecule has 2 aromatic heterocycles. The van der Waals surface area contributed by atoms with Crippen LogP contribution >= 0.6 is 11.3 Å². The van der Waals surface area contributed by atoms with Crippen molar-refractivity contribution >= 4 is 23.0 Å². The van der Waals surface area contributed by atoms with Crippen molar-refractivity contribution in [2.75, 3.05) is 13.7 Å². The normalized spacial score (nSPS) is 13.8. The van der Waals surface area contributed by atoms with Crippen LogP contribution in [0.2, 0.25) is 0 Å². The second-order valence-electron chi connectivity index (χ2n) is 7.63. The summed E-state index contributed by atoms with van der Waals surface area (Å²) in [6, 6.07) is 5.75. The summed E-state index contributed by atoms with van der Waals surface area (Å²) in [5.74, 6) is 1.18. The molecule has 0 saturated heterocycles. The van der Waals surface area contributed by atoms with Gasteiger partial charge in [0, 0.05) is 24.5 Å². The minimum Gasteiger partial charge on any atom is -0.493 e. The molecule has 0 unspecified atom stereocenters. The molecule has 32 heavy (non-hydrogen) atoms. The molecule has 9 heteroatoms. The lowest BCUT2D eigenvalue weighted by atomic mass is 10.0. The van der Waals surface area contributed by atoms with Crippen molar-refractivity contribution in [1.29, 1.82) is 0 Å². The first-order chi connectivity index (χ1) is 15.5. The topological polar surface area (TPSA) is 89.8 Å². The number of nitrogens with zero attached hydrogens (tertiary/aromatic N) is 5. The fourth-order valence-corrected chi connectivity index (χ4v) is 4.40. The number of aromatic nitrogens is 3. The molecule has 0 spiro atoms. The van der Waals surface area contributed by atoms with E-state index in [9.17, 15) is 4.79 Å². The highest BCUT2D eigenvalue weighted by Crippen LogP contribution is 2.31. The average Bonchev–Trinajstić information content (AvgIpc) is 3.20. The SMILES string of the molecule is COc1ccc(C2=NN(C(=O)c3sc(-c4cnccn4)nc3C)CCC2)cc1OC(C)C. The van der Waals surface area contributed by atoms with Crippen molar-refractivity contribution in [3.05, 3.63) is 52.9 Å². The summed E-state index contributed by atoms with van der Waals surface area (Å²) in [5, 5.41) is 6.89. The molecule has 1 aliphatic heterocycles. The Morgan fingerprint density at radius 1 is 1.22 bits per heavy atom. The van der Waals surface area contributed by atoms with Gasteiger partial charge in [0.25, 0.3) is 5.91 Å². The molecule has 8 nitrogen and oxygen atoms in total. The van der Waals surface area contributed by atoms with E-state index in [1.54, 1.807) is 25.7 Å². The van der Waals surface area contributed by atoms with Crippen LogP contribution in [-0.4, -0.2) is 51.3 Å². The third-order valence-corrected chi connectivity index (χ3v) is 6.06. The monoisotopic (exact) mass is 451 g/mol. The smallest absolute Gasteiger partial charge is 0.285 e. The molecule has 0 fully saturated rings. The predicted octanol–water partition coefficient (Wildman–Crippen LogP) is 4.34. The Hall–Kier alpha value is -3.33. The van der Waals surface area contributed by atoms with Crippen molar-refractivity contribution in [3.8, 4) is 22.2 Å². The van der Waals surface area contributed by atoms with Gasteiger partial charge in [0.15, 0.2) is 11.5 Å². The lowest BCUT2D eigenvalue weighted by Gasteiger charge is -2.24. The standard InChI is InChI=1S/C23H25N5O3S/c1-14(2)31-20-12-16(7-8-19(20)30-4)17-6-5-11-28(27-17)23(29)21-15(3)26-22(32-21)18-13-24-9-10-25-18/h7-10,12-14H,5-6,11H2,1-4H3. The van der Waals surface area contributed by atoms with Crippen LogP contribution in [0.25, 0.3) is 10.7 Å². The van der Waals surface area contributed by atoms with Gasteiger partial charge in [-0.2, -0.15) is 5.10 Å². The van der Waals surface area contributed by atoms with Crippen LogP contribution in [-0.2, 0) is 0 Å². The summed E-state index contributed by atoms with van der Waals surface area (Å²) in [5.41, 5.74) is 3.08. The number of thiazole rings is 1. The second-order valence-corrected chi connectivity index (χ2v) is 8.63. The highest BCUT2D eigenvalue weighted by Gasteiger charge is 2.25. The fourth-order valence-electron chi connectivity index (χ4n) is 3.42. The Morgan fingerprint density at radius 2 is 2.06 bits per heavy atom. The number of amides is 1. The molecule has 0 bridgehead atoms. The van der Waals surface area contributed by atoms with Crippen LogP contribution in [0.1, 0.15) is 47.6 Å². The van der Waals surface area contributed by atoms with Crippen molar-refractivity contribution in [1.82, 2.24) is 20.0 Å². The zero-order valence-electron chi connectivity index (χ0n) is 18.5. The molecular formula is C23H25N5O3S. The van der Waals surface area contributed by atoms with Gasteiger partial charge in [-0.3, -0.25) is 14.8 Å². The van der Waals surface area contributed by atoms with Crippen LogP contribution < -0.4 is 9.47 Å². The lowest BCUT2D eigenvalue weighted by Crippen LogP contribution is -2.32. The van der Waals surface area contributed by atoms with Crippen LogP contribution in [0.5, 0.6) is 11.5 Å². The third kappa shape index (κ3) is 4.62. The van der Waals surface area contributed by atoms with E-state index < -0.39 is 0 Å². The van der Waals surface area contributed by atoms with Crippen LogP contribution in [0.3, 0.4) is 0 Å². The summed E-state index contributed by atoms with van der Waals surface area (Å²) in [6.07, 6.45) is 6.49. The maximum atomic E-state index is 13.3. The minimum atomic E-state index is -0.153. The van der Waals surface area contributed by atoms with Crippen LogP contribution in [0.15, 0.2) is 41.9 Å².